The fraction of sp³-hybridized carbons (Fsp3) is 0.294. The average molecular weight is 350 g/mol. The minimum Gasteiger partial charge on any atom is -0.530 e. The van der Waals surface area contributed by atoms with Crippen molar-refractivity contribution >= 4 is 11.9 Å². The number of halogens is 3. The first-order valence-corrected chi connectivity index (χ1v) is 7.69. The Hall–Kier alpha value is -2.77. The van der Waals surface area contributed by atoms with E-state index in [2.05, 4.69) is 4.98 Å². The zero-order valence-electron chi connectivity index (χ0n) is 13.2. The van der Waals surface area contributed by atoms with Gasteiger partial charge in [0.25, 0.3) is 0 Å². The number of benzene rings is 1. The minimum atomic E-state index is -4.39. The number of hydrogen-bond donors (Lipinski definition) is 0. The largest absolute Gasteiger partial charge is 0.530 e. The van der Waals surface area contributed by atoms with Crippen LogP contribution in [0.2, 0.25) is 0 Å². The molecule has 5 nitrogen and oxygen atoms in total. The van der Waals surface area contributed by atoms with Crippen molar-refractivity contribution in [2.75, 3.05) is 31.1 Å². The van der Waals surface area contributed by atoms with Crippen LogP contribution in [-0.2, 0) is 6.18 Å². The van der Waals surface area contributed by atoms with E-state index in [1.807, 2.05) is 4.90 Å². The second-order valence-corrected chi connectivity index (χ2v) is 5.72. The molecule has 0 saturated carbocycles. The third-order valence-corrected chi connectivity index (χ3v) is 4.13. The van der Waals surface area contributed by atoms with Gasteiger partial charge in [-0.05, 0) is 29.8 Å². The molecule has 0 unspecified atom stereocenters. The lowest BCUT2D eigenvalue weighted by Gasteiger charge is -2.36. The number of carbonyl (C=O) groups excluding carboxylic acids is 1. The summed E-state index contributed by atoms with van der Waals surface area (Å²) >= 11 is 0. The third-order valence-electron chi connectivity index (χ3n) is 4.13. The summed E-state index contributed by atoms with van der Waals surface area (Å²) in [6.45, 7) is 1.65. The molecule has 3 rings (SSSR count). The van der Waals surface area contributed by atoms with Crippen LogP contribution >= 0.6 is 0 Å². The van der Waals surface area contributed by atoms with Gasteiger partial charge in [-0.25, -0.2) is 4.98 Å². The summed E-state index contributed by atoms with van der Waals surface area (Å²) in [7, 11) is 0. The van der Waals surface area contributed by atoms with E-state index in [1.54, 1.807) is 18.2 Å². The molecule has 1 aromatic carbocycles. The Balaban J connectivity index is 1.74. The molecule has 0 aliphatic carbocycles. The maximum Gasteiger partial charge on any atom is 0.416 e. The van der Waals surface area contributed by atoms with Crippen LogP contribution in [0.3, 0.4) is 0 Å². The van der Waals surface area contributed by atoms with Gasteiger partial charge in [0.1, 0.15) is 11.9 Å². The van der Waals surface area contributed by atoms with Crippen LogP contribution < -0.4 is 10.0 Å². The summed E-state index contributed by atoms with van der Waals surface area (Å²) in [4.78, 5) is 18.3. The molecule has 2 heterocycles. The Morgan fingerprint density at radius 1 is 1.04 bits per heavy atom. The Kier molecular flexibility index (Phi) is 4.52. The molecular weight excluding hydrogens is 335 g/mol. The fourth-order valence-corrected chi connectivity index (χ4v) is 2.74. The van der Waals surface area contributed by atoms with Gasteiger partial charge >= 0.3 is 6.18 Å². The molecule has 0 N–H and O–H groups in total. The number of rotatable bonds is 2. The number of aromatic nitrogens is 1. The molecule has 25 heavy (non-hydrogen) atoms. The zero-order chi connectivity index (χ0) is 18.0. The van der Waals surface area contributed by atoms with E-state index >= 15 is 0 Å². The Morgan fingerprint density at radius 2 is 1.76 bits per heavy atom. The monoisotopic (exact) mass is 350 g/mol. The number of hydrogen-bond acceptors (Lipinski definition) is 4. The van der Waals surface area contributed by atoms with Gasteiger partial charge in [-0.2, -0.15) is 13.2 Å². The van der Waals surface area contributed by atoms with Crippen molar-refractivity contribution in [3.05, 3.63) is 48.2 Å². The molecule has 0 atom stereocenters. The number of carboxylic acid groups (broad SMARTS) is 1. The second kappa shape index (κ2) is 6.62. The van der Waals surface area contributed by atoms with E-state index in [9.17, 15) is 23.1 Å². The highest BCUT2D eigenvalue weighted by atomic mass is 19.4. The van der Waals surface area contributed by atoms with E-state index in [0.717, 1.165) is 12.1 Å². The molecular formula is C17H15F3N3O2-. The standard InChI is InChI=1S/C17H16F3N3O2/c18-17(19,20)14-3-1-2-12(10-14)13-4-5-15(21-11-13)22-6-8-23(9-7-22)16(24)25/h1-5,10-11H,6-9H2,(H,24,25)/p-1. The summed E-state index contributed by atoms with van der Waals surface area (Å²) < 4.78 is 38.4. The fourth-order valence-electron chi connectivity index (χ4n) is 2.74. The molecule has 1 saturated heterocycles. The number of amides is 1. The highest BCUT2D eigenvalue weighted by molar-refractivity contribution is 5.65. The van der Waals surface area contributed by atoms with E-state index in [4.69, 9.17) is 0 Å². The number of anilines is 1. The summed E-state index contributed by atoms with van der Waals surface area (Å²) in [6.07, 6.45) is -4.05. The lowest BCUT2D eigenvalue weighted by Crippen LogP contribution is -2.52. The molecule has 1 aromatic heterocycles. The Bertz CT molecular complexity index is 754. The number of pyridine rings is 1. The summed E-state index contributed by atoms with van der Waals surface area (Å²) in [5.74, 6) is 0.661. The highest BCUT2D eigenvalue weighted by Gasteiger charge is 2.30. The van der Waals surface area contributed by atoms with E-state index in [1.165, 1.54) is 17.2 Å². The van der Waals surface area contributed by atoms with Crippen molar-refractivity contribution in [3.8, 4) is 11.1 Å². The van der Waals surface area contributed by atoms with Crippen molar-refractivity contribution in [2.45, 2.75) is 6.18 Å². The first kappa shape index (κ1) is 17.1. The molecule has 132 valence electrons. The molecule has 0 bridgehead atoms. The molecule has 1 fully saturated rings. The first-order chi connectivity index (χ1) is 11.8. The molecule has 1 amide bonds. The molecule has 1 aliphatic heterocycles. The van der Waals surface area contributed by atoms with Crippen LogP contribution in [0.4, 0.5) is 23.8 Å². The topological polar surface area (TPSA) is 59.5 Å². The molecule has 1 aliphatic rings. The van der Waals surface area contributed by atoms with Crippen molar-refractivity contribution in [1.29, 1.82) is 0 Å². The summed E-state index contributed by atoms with van der Waals surface area (Å²) in [6, 6.07) is 8.53. The Labute approximate surface area is 142 Å². The number of alkyl halides is 3. The van der Waals surface area contributed by atoms with Crippen LogP contribution in [0.25, 0.3) is 11.1 Å². The quantitative estimate of drug-likeness (QED) is 0.833. The van der Waals surface area contributed by atoms with Gasteiger partial charge in [-0.15, -0.1) is 0 Å². The van der Waals surface area contributed by atoms with Crippen LogP contribution in [0.5, 0.6) is 0 Å². The number of piperazine rings is 1. The summed E-state index contributed by atoms with van der Waals surface area (Å²) in [5.41, 5.74) is 0.325. The zero-order valence-corrected chi connectivity index (χ0v) is 13.2. The van der Waals surface area contributed by atoms with Gasteiger partial charge in [0.15, 0.2) is 0 Å². The van der Waals surface area contributed by atoms with Crippen LogP contribution in [0.1, 0.15) is 5.56 Å². The summed E-state index contributed by atoms with van der Waals surface area (Å²) in [5, 5.41) is 10.8. The maximum atomic E-state index is 12.8. The van der Waals surface area contributed by atoms with Crippen LogP contribution in [-0.4, -0.2) is 42.2 Å². The van der Waals surface area contributed by atoms with Gasteiger partial charge in [0, 0.05) is 37.9 Å². The Morgan fingerprint density at radius 3 is 2.32 bits per heavy atom. The van der Waals surface area contributed by atoms with Crippen LogP contribution in [0, 0.1) is 0 Å². The van der Waals surface area contributed by atoms with Gasteiger partial charge in [-0.3, -0.25) is 0 Å². The molecule has 0 spiro atoms. The maximum absolute atomic E-state index is 12.8. The van der Waals surface area contributed by atoms with Crippen molar-refractivity contribution in [3.63, 3.8) is 0 Å². The van der Waals surface area contributed by atoms with Gasteiger partial charge in [0.05, 0.1) is 5.56 Å². The molecule has 0 radical (unpaired) electrons. The minimum absolute atomic E-state index is 0.333. The highest BCUT2D eigenvalue weighted by Crippen LogP contribution is 2.32. The SMILES string of the molecule is O=C([O-])N1CCN(c2ccc(-c3cccc(C(F)(F)F)c3)cn2)CC1. The van der Waals surface area contributed by atoms with E-state index in [0.29, 0.717) is 43.1 Å². The molecule has 2 aromatic rings. The predicted octanol–water partition coefficient (Wildman–Crippen LogP) is 2.23. The van der Waals surface area contributed by atoms with Gasteiger partial charge in [-0.1, -0.05) is 12.1 Å². The van der Waals surface area contributed by atoms with Crippen molar-refractivity contribution < 1.29 is 23.1 Å². The predicted molar refractivity (Wildman–Crippen MR) is 83.9 cm³/mol. The average Bonchev–Trinajstić information content (AvgIpc) is 2.61. The number of nitrogens with zero attached hydrogens (tertiary/aromatic N) is 3. The van der Waals surface area contributed by atoms with Crippen molar-refractivity contribution in [1.82, 2.24) is 9.88 Å². The van der Waals surface area contributed by atoms with Crippen LogP contribution in [0.15, 0.2) is 42.6 Å². The lowest BCUT2D eigenvalue weighted by atomic mass is 10.0. The van der Waals surface area contributed by atoms with Crippen molar-refractivity contribution in [2.24, 2.45) is 0 Å². The van der Waals surface area contributed by atoms with Gasteiger partial charge < -0.3 is 19.7 Å². The molecule has 8 heteroatoms. The smallest absolute Gasteiger partial charge is 0.416 e. The first-order valence-electron chi connectivity index (χ1n) is 7.69. The normalized spacial score (nSPS) is 15.3. The number of carbonyl (C=O) groups is 1. The second-order valence-electron chi connectivity index (χ2n) is 5.72. The third kappa shape index (κ3) is 3.84. The van der Waals surface area contributed by atoms with E-state index in [-0.39, 0.29) is 0 Å². The lowest BCUT2D eigenvalue weighted by molar-refractivity contribution is -0.265. The van der Waals surface area contributed by atoms with Gasteiger partial charge in [0.2, 0.25) is 0 Å². The van der Waals surface area contributed by atoms with E-state index < -0.39 is 17.8 Å².